The van der Waals surface area contributed by atoms with Crippen molar-refractivity contribution in [3.63, 3.8) is 0 Å². The molecule has 0 heterocycles. The molecule has 6 saturated carbocycles. The number of fused-ring (bicyclic) bond motifs is 10. The first-order valence-corrected chi connectivity index (χ1v) is 18.9. The molecule has 8 aliphatic carbocycles. The highest BCUT2D eigenvalue weighted by molar-refractivity contribution is 5.66. The van der Waals surface area contributed by atoms with Crippen molar-refractivity contribution in [2.75, 3.05) is 0 Å². The second kappa shape index (κ2) is 11.5. The third kappa shape index (κ3) is 5.06. The highest BCUT2D eigenvalue weighted by atomic mass is 16.5. The molecule has 252 valence electrons. The van der Waals surface area contributed by atoms with Crippen LogP contribution in [0.4, 0.5) is 0 Å². The number of hydrogen-bond acceptors (Lipinski definition) is 5. The van der Waals surface area contributed by atoms with E-state index in [-0.39, 0.29) is 46.6 Å². The lowest BCUT2D eigenvalue weighted by Gasteiger charge is -2.57. The van der Waals surface area contributed by atoms with E-state index >= 15 is 0 Å². The molecule has 0 radical (unpaired) electrons. The average molecular weight is 623 g/mol. The van der Waals surface area contributed by atoms with Crippen LogP contribution in [0.3, 0.4) is 0 Å². The van der Waals surface area contributed by atoms with Crippen LogP contribution in [-0.2, 0) is 9.53 Å². The number of rotatable bonds is 1. The van der Waals surface area contributed by atoms with Crippen molar-refractivity contribution in [2.45, 2.75) is 162 Å². The van der Waals surface area contributed by atoms with Crippen molar-refractivity contribution in [2.24, 2.45) is 57.2 Å². The Balaban J connectivity index is 0.000000146. The summed E-state index contributed by atoms with van der Waals surface area (Å²) in [4.78, 5) is 11.3. The van der Waals surface area contributed by atoms with Gasteiger partial charge in [0.1, 0.15) is 6.10 Å². The summed E-state index contributed by atoms with van der Waals surface area (Å²) in [6.45, 7) is 11.1. The Morgan fingerprint density at radius 1 is 0.644 bits per heavy atom. The van der Waals surface area contributed by atoms with E-state index in [0.29, 0.717) is 17.3 Å². The van der Waals surface area contributed by atoms with E-state index in [2.05, 4.69) is 39.8 Å². The van der Waals surface area contributed by atoms with Crippen molar-refractivity contribution < 1.29 is 24.9 Å². The van der Waals surface area contributed by atoms with Gasteiger partial charge in [0.2, 0.25) is 0 Å². The van der Waals surface area contributed by atoms with Gasteiger partial charge in [0.05, 0.1) is 18.3 Å². The number of ether oxygens (including phenoxy) is 1. The van der Waals surface area contributed by atoms with Gasteiger partial charge >= 0.3 is 5.97 Å². The van der Waals surface area contributed by atoms with E-state index < -0.39 is 0 Å². The molecular formula is C40H62O5. The molecule has 0 bridgehead atoms. The van der Waals surface area contributed by atoms with Crippen LogP contribution in [0, 0.1) is 57.2 Å². The maximum absolute atomic E-state index is 11.3. The number of carbonyl (C=O) groups excluding carboxylic acids is 1. The van der Waals surface area contributed by atoms with Crippen LogP contribution in [0.25, 0.3) is 0 Å². The zero-order chi connectivity index (χ0) is 31.9. The van der Waals surface area contributed by atoms with Crippen molar-refractivity contribution in [1.82, 2.24) is 0 Å². The summed E-state index contributed by atoms with van der Waals surface area (Å²) < 4.78 is 5.51. The Hall–Kier alpha value is -1.17. The monoisotopic (exact) mass is 622 g/mol. The molecule has 14 atom stereocenters. The molecule has 0 aromatic rings. The minimum atomic E-state index is -0.147. The fourth-order valence-corrected chi connectivity index (χ4v) is 13.5. The second-order valence-corrected chi connectivity index (χ2v) is 18.2. The van der Waals surface area contributed by atoms with Crippen LogP contribution < -0.4 is 0 Å². The van der Waals surface area contributed by atoms with Crippen LogP contribution in [0.1, 0.15) is 137 Å². The van der Waals surface area contributed by atoms with Gasteiger partial charge in [0.25, 0.3) is 0 Å². The Kier molecular flexibility index (Phi) is 8.25. The minimum Gasteiger partial charge on any atom is -0.462 e. The third-order valence-electron chi connectivity index (χ3n) is 16.4. The maximum Gasteiger partial charge on any atom is 0.302 e. The summed E-state index contributed by atoms with van der Waals surface area (Å²) in [7, 11) is 0. The Bertz CT molecular complexity index is 1220. The number of carbonyl (C=O) groups is 1. The van der Waals surface area contributed by atoms with E-state index in [1.807, 2.05) is 0 Å². The first-order valence-electron chi connectivity index (χ1n) is 18.9. The summed E-state index contributed by atoms with van der Waals surface area (Å²) in [6, 6.07) is 0. The number of allylic oxidation sites excluding steroid dienone is 2. The molecule has 0 spiro atoms. The van der Waals surface area contributed by atoms with Crippen LogP contribution in [0.5, 0.6) is 0 Å². The van der Waals surface area contributed by atoms with Gasteiger partial charge in [-0.15, -0.1) is 0 Å². The van der Waals surface area contributed by atoms with Gasteiger partial charge in [-0.2, -0.15) is 0 Å². The molecule has 8 aliphatic rings. The van der Waals surface area contributed by atoms with Crippen LogP contribution in [0.15, 0.2) is 23.3 Å². The molecular weight excluding hydrogens is 560 g/mol. The normalized spacial score (nSPS) is 53.1. The van der Waals surface area contributed by atoms with Crippen LogP contribution in [0.2, 0.25) is 0 Å². The predicted octanol–water partition coefficient (Wildman–Crippen LogP) is 7.91. The first kappa shape index (κ1) is 32.4. The van der Waals surface area contributed by atoms with E-state index in [4.69, 9.17) is 4.74 Å². The predicted molar refractivity (Wildman–Crippen MR) is 177 cm³/mol. The topological polar surface area (TPSA) is 87.0 Å². The summed E-state index contributed by atoms with van der Waals surface area (Å²) in [5.74, 6) is 4.29. The molecule has 5 heteroatoms. The Morgan fingerprint density at radius 2 is 1.13 bits per heavy atom. The lowest BCUT2D eigenvalue weighted by Crippen LogP contribution is -2.51. The zero-order valence-corrected chi connectivity index (χ0v) is 28.9. The van der Waals surface area contributed by atoms with Crippen LogP contribution >= 0.6 is 0 Å². The van der Waals surface area contributed by atoms with E-state index in [1.54, 1.807) is 11.1 Å². The summed E-state index contributed by atoms with van der Waals surface area (Å²) >= 11 is 0. The number of esters is 1. The van der Waals surface area contributed by atoms with Crippen molar-refractivity contribution in [1.29, 1.82) is 0 Å². The molecule has 0 saturated heterocycles. The lowest BCUT2D eigenvalue weighted by molar-refractivity contribution is -0.148. The van der Waals surface area contributed by atoms with Gasteiger partial charge in [0, 0.05) is 13.3 Å². The third-order valence-corrected chi connectivity index (χ3v) is 16.4. The van der Waals surface area contributed by atoms with Gasteiger partial charge in [-0.05, 0) is 153 Å². The molecule has 0 amide bonds. The molecule has 0 aliphatic heterocycles. The maximum atomic E-state index is 11.3. The van der Waals surface area contributed by atoms with E-state index in [0.717, 1.165) is 81.5 Å². The second-order valence-electron chi connectivity index (χ2n) is 18.2. The molecule has 3 unspecified atom stereocenters. The molecule has 8 rings (SSSR count). The highest BCUT2D eigenvalue weighted by Gasteiger charge is 2.60. The fraction of sp³-hybridized carbons (Fsp3) is 0.875. The van der Waals surface area contributed by atoms with Crippen molar-refractivity contribution >= 4 is 5.97 Å². The molecule has 6 fully saturated rings. The SMILES string of the molecule is CC(=O)O[C@H]1CC[C@@]2(C)C(=CCC3C2CC[C@@]2(C)C3CC[C@@H]2O)C1.C[C@]12CC[C@H]3[C@@H](CC=C4C[C@@H](O)CC[C@@]43C)[C@@H]1CC[C@@H]2O. The Labute approximate surface area is 272 Å². The van der Waals surface area contributed by atoms with Gasteiger partial charge in [-0.3, -0.25) is 4.79 Å². The van der Waals surface area contributed by atoms with E-state index in [9.17, 15) is 20.1 Å². The summed E-state index contributed by atoms with van der Waals surface area (Å²) in [5.41, 5.74) is 4.04. The highest BCUT2D eigenvalue weighted by Crippen LogP contribution is 2.66. The lowest BCUT2D eigenvalue weighted by atomic mass is 9.48. The van der Waals surface area contributed by atoms with Gasteiger partial charge in [-0.25, -0.2) is 0 Å². The van der Waals surface area contributed by atoms with Gasteiger partial charge in [0.15, 0.2) is 0 Å². The van der Waals surface area contributed by atoms with Gasteiger partial charge in [-0.1, -0.05) is 51.0 Å². The smallest absolute Gasteiger partial charge is 0.302 e. The van der Waals surface area contributed by atoms with Crippen LogP contribution in [-0.4, -0.2) is 45.7 Å². The average Bonchev–Trinajstić information content (AvgIpc) is 3.48. The molecule has 45 heavy (non-hydrogen) atoms. The zero-order valence-electron chi connectivity index (χ0n) is 28.9. The first-order chi connectivity index (χ1) is 21.3. The quantitative estimate of drug-likeness (QED) is 0.204. The van der Waals surface area contributed by atoms with Crippen molar-refractivity contribution in [3.05, 3.63) is 23.3 Å². The number of hydrogen-bond donors (Lipinski definition) is 3. The summed E-state index contributed by atoms with van der Waals surface area (Å²) in [5, 5.41) is 31.0. The largest absolute Gasteiger partial charge is 0.462 e. The Morgan fingerprint density at radius 3 is 1.64 bits per heavy atom. The molecule has 3 N–H and O–H groups in total. The number of aliphatic hydroxyl groups is 3. The summed E-state index contributed by atoms with van der Waals surface area (Å²) in [6.07, 6.45) is 22.6. The fourth-order valence-electron chi connectivity index (χ4n) is 13.5. The minimum absolute atomic E-state index is 0.0742. The molecule has 0 aromatic heterocycles. The number of aliphatic hydroxyl groups excluding tert-OH is 3. The van der Waals surface area contributed by atoms with E-state index in [1.165, 1.54) is 51.9 Å². The van der Waals surface area contributed by atoms with Gasteiger partial charge < -0.3 is 20.1 Å². The standard InChI is InChI=1S/C21H32O3.C19H30O2/c1-13(22)24-15-8-10-20(2)14(12-15)4-5-16-17-6-7-19(23)21(17,3)11-9-18(16)20;1-18-9-7-13(20)11-12(18)3-4-14-15-5-6-17(21)19(15,2)10-8-16(14)18/h4,15-19,23H,5-12H2,1-3H3;3,13-17,20-21H,4-11H2,1-2H3/t15-,16?,17?,18?,19-,20-,21-;13-,14-,15-,16-,17-,18-,19-/m00/s1. The van der Waals surface area contributed by atoms with Crippen molar-refractivity contribution in [3.8, 4) is 0 Å². The molecule has 5 nitrogen and oxygen atoms in total. The molecule has 0 aromatic carbocycles.